The molecule has 1 aliphatic rings. The fraction of sp³-hybridized carbons (Fsp3) is 0.647. The molecule has 1 aromatic rings. The van der Waals surface area contributed by atoms with Crippen LogP contribution in [0.2, 0.25) is 11.3 Å². The molecule has 1 aliphatic heterocycles. The molecule has 0 amide bonds. The Hall–Kier alpha value is -0.585. The Morgan fingerprint density at radius 1 is 1.22 bits per heavy atom. The summed E-state index contributed by atoms with van der Waals surface area (Å²) in [6.07, 6.45) is 6.38. The van der Waals surface area contributed by atoms with Crippen LogP contribution in [0.25, 0.3) is 0 Å². The van der Waals surface area contributed by atoms with E-state index < -0.39 is 7.12 Å². The van der Waals surface area contributed by atoms with Gasteiger partial charge in [0.05, 0.1) is 0 Å². The van der Waals surface area contributed by atoms with E-state index in [1.54, 1.807) is 0 Å². The number of fused-ring (bicyclic) bond motifs is 1. The molecule has 0 saturated carbocycles. The van der Waals surface area contributed by atoms with Crippen LogP contribution in [0.15, 0.2) is 18.2 Å². The molecule has 0 radical (unpaired) electrons. The van der Waals surface area contributed by atoms with Gasteiger partial charge in [-0.05, 0) is 55.7 Å². The molecule has 1 heterocycles. The van der Waals surface area contributed by atoms with Gasteiger partial charge in [0.2, 0.25) is 0 Å². The second kappa shape index (κ2) is 9.65. The maximum Gasteiger partial charge on any atom is 0.451 e. The van der Waals surface area contributed by atoms with Gasteiger partial charge in [-0.3, -0.25) is 4.90 Å². The van der Waals surface area contributed by atoms with Crippen LogP contribution in [0.4, 0.5) is 0 Å². The van der Waals surface area contributed by atoms with Crippen LogP contribution < -0.4 is 5.73 Å². The van der Waals surface area contributed by atoms with Crippen LogP contribution in [0.1, 0.15) is 43.2 Å². The molecule has 0 aliphatic carbocycles. The van der Waals surface area contributed by atoms with Gasteiger partial charge in [-0.1, -0.05) is 36.6 Å². The van der Waals surface area contributed by atoms with Crippen molar-refractivity contribution in [3.8, 4) is 0 Å². The van der Waals surface area contributed by atoms with Gasteiger partial charge in [-0.2, -0.15) is 0 Å². The summed E-state index contributed by atoms with van der Waals surface area (Å²) < 4.78 is 0. The average molecular weight is 339 g/mol. The molecule has 128 valence electrons. The van der Waals surface area contributed by atoms with Crippen molar-refractivity contribution in [2.75, 3.05) is 13.1 Å². The summed E-state index contributed by atoms with van der Waals surface area (Å²) in [6.45, 7) is 3.13. The van der Waals surface area contributed by atoms with E-state index in [2.05, 4.69) is 11.0 Å². The Balaban J connectivity index is 1.62. The molecular formula is C17H28BClN2O2. The first kappa shape index (κ1) is 18.7. The minimum atomic E-state index is -1.18. The number of benzene rings is 1. The van der Waals surface area contributed by atoms with Crippen LogP contribution >= 0.6 is 11.6 Å². The van der Waals surface area contributed by atoms with Crippen molar-refractivity contribution in [2.24, 2.45) is 5.73 Å². The first-order valence-electron chi connectivity index (χ1n) is 8.66. The minimum absolute atomic E-state index is 0.220. The van der Waals surface area contributed by atoms with Gasteiger partial charge in [0.25, 0.3) is 0 Å². The van der Waals surface area contributed by atoms with Crippen molar-refractivity contribution in [1.29, 1.82) is 0 Å². The molecule has 0 fully saturated rings. The second-order valence-corrected chi connectivity index (χ2v) is 6.98. The molecule has 23 heavy (non-hydrogen) atoms. The number of hydrogen-bond acceptors (Lipinski definition) is 4. The van der Waals surface area contributed by atoms with E-state index in [1.807, 2.05) is 12.1 Å². The van der Waals surface area contributed by atoms with Gasteiger partial charge in [0.15, 0.2) is 0 Å². The fourth-order valence-electron chi connectivity index (χ4n) is 3.27. The molecule has 0 aromatic heterocycles. The van der Waals surface area contributed by atoms with Crippen molar-refractivity contribution in [3.05, 3.63) is 34.3 Å². The highest BCUT2D eigenvalue weighted by Gasteiger charge is 2.17. The number of rotatable bonds is 9. The lowest BCUT2D eigenvalue weighted by Crippen LogP contribution is -2.32. The molecule has 1 aromatic carbocycles. The summed E-state index contributed by atoms with van der Waals surface area (Å²) in [4.78, 5) is 2.48. The topological polar surface area (TPSA) is 69.7 Å². The van der Waals surface area contributed by atoms with E-state index in [0.29, 0.717) is 6.32 Å². The summed E-state index contributed by atoms with van der Waals surface area (Å²) in [7, 11) is -1.18. The summed E-state index contributed by atoms with van der Waals surface area (Å²) in [5.74, 6) is 0. The van der Waals surface area contributed by atoms with Gasteiger partial charge in [-0.25, -0.2) is 0 Å². The number of hydrogen-bond donors (Lipinski definition) is 3. The summed E-state index contributed by atoms with van der Waals surface area (Å²) in [5.41, 5.74) is 8.81. The van der Waals surface area contributed by atoms with Crippen LogP contribution in [0, 0.1) is 0 Å². The maximum absolute atomic E-state index is 8.80. The van der Waals surface area contributed by atoms with Gasteiger partial charge in [0, 0.05) is 24.2 Å². The van der Waals surface area contributed by atoms with E-state index in [1.165, 1.54) is 11.1 Å². The zero-order valence-electron chi connectivity index (χ0n) is 13.8. The molecule has 2 rings (SSSR count). The third-order valence-electron chi connectivity index (χ3n) is 4.62. The third kappa shape index (κ3) is 6.44. The van der Waals surface area contributed by atoms with E-state index in [4.69, 9.17) is 27.4 Å². The van der Waals surface area contributed by atoms with Gasteiger partial charge < -0.3 is 15.8 Å². The number of nitrogens with two attached hydrogens (primary N) is 1. The first-order valence-corrected chi connectivity index (χ1v) is 9.04. The van der Waals surface area contributed by atoms with Gasteiger partial charge >= 0.3 is 7.12 Å². The second-order valence-electron chi connectivity index (χ2n) is 6.57. The molecular weight excluding hydrogens is 310 g/mol. The largest absolute Gasteiger partial charge is 0.451 e. The molecule has 4 nitrogen and oxygen atoms in total. The quantitative estimate of drug-likeness (QED) is 0.478. The molecule has 1 atom stereocenters. The summed E-state index contributed by atoms with van der Waals surface area (Å²) in [6, 6.07) is 6.40. The van der Waals surface area contributed by atoms with E-state index in [-0.39, 0.29) is 6.04 Å². The monoisotopic (exact) mass is 338 g/mol. The Labute approximate surface area is 144 Å². The van der Waals surface area contributed by atoms with Crippen molar-refractivity contribution in [1.82, 2.24) is 4.90 Å². The molecule has 6 heteroatoms. The van der Waals surface area contributed by atoms with Crippen molar-refractivity contribution < 1.29 is 10.0 Å². The Morgan fingerprint density at radius 2 is 2.00 bits per heavy atom. The van der Waals surface area contributed by atoms with Gasteiger partial charge in [-0.15, -0.1) is 0 Å². The van der Waals surface area contributed by atoms with Crippen LogP contribution in [-0.4, -0.2) is 41.2 Å². The first-order chi connectivity index (χ1) is 11.1. The number of halogens is 1. The lowest BCUT2D eigenvalue weighted by atomic mass is 9.83. The third-order valence-corrected chi connectivity index (χ3v) is 4.98. The highest BCUT2D eigenvalue weighted by Crippen LogP contribution is 2.26. The molecule has 0 bridgehead atoms. The smallest absolute Gasteiger partial charge is 0.427 e. The van der Waals surface area contributed by atoms with E-state index in [0.717, 1.165) is 63.2 Å². The maximum atomic E-state index is 8.80. The Morgan fingerprint density at radius 3 is 2.78 bits per heavy atom. The molecule has 4 N–H and O–H groups in total. The molecule has 1 unspecified atom stereocenters. The minimum Gasteiger partial charge on any atom is -0.427 e. The van der Waals surface area contributed by atoms with Crippen molar-refractivity contribution >= 4 is 18.7 Å². The standard InChI is InChI=1S/C17H28BClN2O2/c19-17-8-3-5-14-13-21(12-9-16(14)17)11-4-7-15(20)6-1-2-10-18(22)23/h3,5,8,15,22-23H,1-2,4,6-7,9-13,20H2. The number of nitrogens with zero attached hydrogens (tertiary/aromatic N) is 1. The molecule has 0 spiro atoms. The fourth-order valence-corrected chi connectivity index (χ4v) is 3.56. The van der Waals surface area contributed by atoms with Gasteiger partial charge in [0.1, 0.15) is 0 Å². The van der Waals surface area contributed by atoms with Crippen LogP contribution in [0.5, 0.6) is 0 Å². The summed E-state index contributed by atoms with van der Waals surface area (Å²) in [5, 5.41) is 18.5. The molecule has 0 saturated heterocycles. The zero-order valence-corrected chi connectivity index (χ0v) is 14.5. The predicted octanol–water partition coefficient (Wildman–Crippen LogP) is 2.45. The highest BCUT2D eigenvalue weighted by molar-refractivity contribution is 6.40. The van der Waals surface area contributed by atoms with Crippen molar-refractivity contribution in [3.63, 3.8) is 0 Å². The summed E-state index contributed by atoms with van der Waals surface area (Å²) >= 11 is 6.25. The predicted molar refractivity (Wildman–Crippen MR) is 96.5 cm³/mol. The zero-order chi connectivity index (χ0) is 16.7. The van der Waals surface area contributed by atoms with Crippen LogP contribution in [-0.2, 0) is 13.0 Å². The Kier molecular flexibility index (Phi) is 7.86. The number of unbranched alkanes of at least 4 members (excludes halogenated alkanes) is 1. The Bertz CT molecular complexity index is 488. The normalized spacial score (nSPS) is 16.2. The lowest BCUT2D eigenvalue weighted by Gasteiger charge is -2.29. The lowest BCUT2D eigenvalue weighted by molar-refractivity contribution is 0.246. The van der Waals surface area contributed by atoms with E-state index in [9.17, 15) is 0 Å². The van der Waals surface area contributed by atoms with E-state index >= 15 is 0 Å². The van der Waals surface area contributed by atoms with Crippen LogP contribution in [0.3, 0.4) is 0 Å². The highest BCUT2D eigenvalue weighted by atomic mass is 35.5. The SMILES string of the molecule is NC(CCCCB(O)O)CCCN1CCc2c(Cl)cccc2C1. The average Bonchev–Trinajstić information content (AvgIpc) is 2.51. The van der Waals surface area contributed by atoms with Crippen molar-refractivity contribution in [2.45, 2.75) is 57.4 Å².